The highest BCUT2D eigenvalue weighted by Crippen LogP contribution is 2.26. The summed E-state index contributed by atoms with van der Waals surface area (Å²) in [6.45, 7) is 5.08. The topological polar surface area (TPSA) is 42.4 Å². The molecule has 0 aliphatic heterocycles. The third kappa shape index (κ3) is 5.36. The van der Waals surface area contributed by atoms with E-state index in [1.54, 1.807) is 28.0 Å². The second kappa shape index (κ2) is 9.75. The van der Waals surface area contributed by atoms with Gasteiger partial charge in [0, 0.05) is 41.5 Å². The lowest BCUT2D eigenvalue weighted by Crippen LogP contribution is -2.26. The van der Waals surface area contributed by atoms with Gasteiger partial charge >= 0.3 is 0 Å². The van der Waals surface area contributed by atoms with Crippen LogP contribution < -0.4 is 4.74 Å². The van der Waals surface area contributed by atoms with Crippen molar-refractivity contribution in [2.75, 3.05) is 13.7 Å². The number of benzene rings is 2. The molecule has 0 fully saturated rings. The predicted octanol–water partition coefficient (Wildman–Crippen LogP) is 5.41. The van der Waals surface area contributed by atoms with Gasteiger partial charge in [-0.15, -0.1) is 11.3 Å². The molecule has 3 aromatic rings. The number of amides is 1. The van der Waals surface area contributed by atoms with E-state index in [0.29, 0.717) is 18.7 Å². The summed E-state index contributed by atoms with van der Waals surface area (Å²) in [6, 6.07) is 15.7. The maximum Gasteiger partial charge on any atom is 0.253 e. The predicted molar refractivity (Wildman–Crippen MR) is 116 cm³/mol. The summed E-state index contributed by atoms with van der Waals surface area (Å²) in [4.78, 5) is 19.0. The molecule has 0 aliphatic rings. The standard InChI is InChI=1S/C22H24N2O2S2/c1-4-26-20-8-6-5-7-19(20)13-24(3)21(25)18-11-9-17(10-12-18)15-28-22-23-16(2)14-27-22/h5-12,14H,4,13,15H2,1-3H3. The zero-order chi connectivity index (χ0) is 19.9. The van der Waals surface area contributed by atoms with E-state index >= 15 is 0 Å². The molecule has 0 saturated heterocycles. The second-order valence-electron chi connectivity index (χ2n) is 6.44. The minimum atomic E-state index is 0.000975. The Morgan fingerprint density at radius 1 is 1.18 bits per heavy atom. The lowest BCUT2D eigenvalue weighted by Gasteiger charge is -2.19. The highest BCUT2D eigenvalue weighted by atomic mass is 32.2. The first-order valence-electron chi connectivity index (χ1n) is 9.17. The van der Waals surface area contributed by atoms with Crippen molar-refractivity contribution in [2.45, 2.75) is 30.5 Å². The molecule has 0 spiro atoms. The Morgan fingerprint density at radius 2 is 1.93 bits per heavy atom. The number of carbonyl (C=O) groups is 1. The van der Waals surface area contributed by atoms with Crippen molar-refractivity contribution in [2.24, 2.45) is 0 Å². The molecule has 1 heterocycles. The Bertz CT molecular complexity index is 922. The molecular formula is C22H24N2O2S2. The molecule has 2 aromatic carbocycles. The van der Waals surface area contributed by atoms with Crippen molar-refractivity contribution < 1.29 is 9.53 Å². The summed E-state index contributed by atoms with van der Waals surface area (Å²) in [5.41, 5.74) is 3.93. The Labute approximate surface area is 174 Å². The van der Waals surface area contributed by atoms with Gasteiger partial charge in [0.1, 0.15) is 10.1 Å². The van der Waals surface area contributed by atoms with Gasteiger partial charge in [0.2, 0.25) is 0 Å². The van der Waals surface area contributed by atoms with Gasteiger partial charge in [-0.25, -0.2) is 4.98 Å². The third-order valence-corrected chi connectivity index (χ3v) is 6.40. The van der Waals surface area contributed by atoms with Gasteiger partial charge in [-0.2, -0.15) is 0 Å². The van der Waals surface area contributed by atoms with Crippen molar-refractivity contribution in [1.82, 2.24) is 9.88 Å². The number of aromatic nitrogens is 1. The van der Waals surface area contributed by atoms with E-state index in [0.717, 1.165) is 27.1 Å². The van der Waals surface area contributed by atoms with Crippen LogP contribution in [0.25, 0.3) is 0 Å². The van der Waals surface area contributed by atoms with Crippen LogP contribution >= 0.6 is 23.1 Å². The molecule has 1 aromatic heterocycles. The van der Waals surface area contributed by atoms with Crippen LogP contribution in [0.2, 0.25) is 0 Å². The minimum absolute atomic E-state index is 0.000975. The maximum absolute atomic E-state index is 12.8. The van der Waals surface area contributed by atoms with Gasteiger partial charge in [0.15, 0.2) is 0 Å². The molecule has 4 nitrogen and oxygen atoms in total. The molecule has 0 radical (unpaired) electrons. The maximum atomic E-state index is 12.8. The Morgan fingerprint density at radius 3 is 2.61 bits per heavy atom. The molecule has 0 saturated carbocycles. The molecule has 3 rings (SSSR count). The van der Waals surface area contributed by atoms with Crippen LogP contribution in [0.4, 0.5) is 0 Å². The number of rotatable bonds is 8. The van der Waals surface area contributed by atoms with Crippen LogP contribution in [0.5, 0.6) is 5.75 Å². The number of para-hydroxylation sites is 1. The number of hydrogen-bond donors (Lipinski definition) is 0. The van der Waals surface area contributed by atoms with Crippen molar-refractivity contribution in [1.29, 1.82) is 0 Å². The fourth-order valence-electron chi connectivity index (χ4n) is 2.77. The van der Waals surface area contributed by atoms with E-state index in [2.05, 4.69) is 10.4 Å². The summed E-state index contributed by atoms with van der Waals surface area (Å²) >= 11 is 3.39. The van der Waals surface area contributed by atoms with E-state index in [-0.39, 0.29) is 5.91 Å². The largest absolute Gasteiger partial charge is 0.494 e. The summed E-state index contributed by atoms with van der Waals surface area (Å²) < 4.78 is 6.73. The molecule has 146 valence electrons. The summed E-state index contributed by atoms with van der Waals surface area (Å²) in [6.07, 6.45) is 0. The average Bonchev–Trinajstić information content (AvgIpc) is 3.13. The van der Waals surface area contributed by atoms with E-state index < -0.39 is 0 Å². The van der Waals surface area contributed by atoms with Crippen LogP contribution in [0.3, 0.4) is 0 Å². The molecule has 28 heavy (non-hydrogen) atoms. The first kappa shape index (κ1) is 20.4. The first-order valence-corrected chi connectivity index (χ1v) is 11.0. The minimum Gasteiger partial charge on any atom is -0.494 e. The van der Waals surface area contributed by atoms with E-state index in [1.807, 2.05) is 69.4 Å². The number of ether oxygens (including phenoxy) is 1. The average molecular weight is 413 g/mol. The molecule has 0 unspecified atom stereocenters. The highest BCUT2D eigenvalue weighted by Gasteiger charge is 2.14. The number of hydrogen-bond acceptors (Lipinski definition) is 5. The zero-order valence-electron chi connectivity index (χ0n) is 16.3. The van der Waals surface area contributed by atoms with Gasteiger partial charge in [-0.3, -0.25) is 4.79 Å². The lowest BCUT2D eigenvalue weighted by molar-refractivity contribution is 0.0784. The molecule has 1 amide bonds. The summed E-state index contributed by atoms with van der Waals surface area (Å²) in [7, 11) is 1.82. The number of thiazole rings is 1. The zero-order valence-corrected chi connectivity index (χ0v) is 18.0. The van der Waals surface area contributed by atoms with Crippen molar-refractivity contribution in [3.63, 3.8) is 0 Å². The third-order valence-electron chi connectivity index (χ3n) is 4.19. The fourth-order valence-corrected chi connectivity index (χ4v) is 4.57. The normalized spacial score (nSPS) is 10.7. The van der Waals surface area contributed by atoms with Gasteiger partial charge in [-0.1, -0.05) is 42.1 Å². The monoisotopic (exact) mass is 412 g/mol. The highest BCUT2D eigenvalue weighted by molar-refractivity contribution is 8.00. The quantitative estimate of drug-likeness (QED) is 0.464. The van der Waals surface area contributed by atoms with Crippen molar-refractivity contribution in [3.05, 3.63) is 76.3 Å². The summed E-state index contributed by atoms with van der Waals surface area (Å²) in [5.74, 6) is 1.68. The van der Waals surface area contributed by atoms with Crippen LogP contribution in [-0.2, 0) is 12.3 Å². The molecule has 0 aliphatic carbocycles. The summed E-state index contributed by atoms with van der Waals surface area (Å²) in [5, 5.41) is 2.06. The number of aryl methyl sites for hydroxylation is 1. The van der Waals surface area contributed by atoms with Crippen molar-refractivity contribution >= 4 is 29.0 Å². The number of nitrogens with zero attached hydrogens (tertiary/aromatic N) is 2. The number of carbonyl (C=O) groups excluding carboxylic acids is 1. The van der Waals surface area contributed by atoms with Gasteiger partial charge < -0.3 is 9.64 Å². The van der Waals surface area contributed by atoms with Crippen LogP contribution in [0.1, 0.15) is 34.1 Å². The van der Waals surface area contributed by atoms with Crippen molar-refractivity contribution in [3.8, 4) is 5.75 Å². The van der Waals surface area contributed by atoms with Gasteiger partial charge in [0.05, 0.1) is 6.61 Å². The lowest BCUT2D eigenvalue weighted by atomic mass is 10.1. The van der Waals surface area contributed by atoms with Crippen LogP contribution in [-0.4, -0.2) is 29.4 Å². The fraction of sp³-hybridized carbons (Fsp3) is 0.273. The molecule has 6 heteroatoms. The second-order valence-corrected chi connectivity index (χ2v) is 8.52. The van der Waals surface area contributed by atoms with Gasteiger partial charge in [-0.05, 0) is 37.6 Å². The number of thioether (sulfide) groups is 1. The van der Waals surface area contributed by atoms with E-state index in [1.165, 1.54) is 5.56 Å². The van der Waals surface area contributed by atoms with Crippen LogP contribution in [0.15, 0.2) is 58.3 Å². The molecular weight excluding hydrogens is 388 g/mol. The van der Waals surface area contributed by atoms with E-state index in [4.69, 9.17) is 4.74 Å². The molecule has 0 bridgehead atoms. The van der Waals surface area contributed by atoms with Gasteiger partial charge in [0.25, 0.3) is 5.91 Å². The molecule has 0 N–H and O–H groups in total. The van der Waals surface area contributed by atoms with Crippen LogP contribution in [0, 0.1) is 6.92 Å². The Balaban J connectivity index is 1.60. The smallest absolute Gasteiger partial charge is 0.253 e. The van der Waals surface area contributed by atoms with E-state index in [9.17, 15) is 4.79 Å². The molecule has 0 atom stereocenters. The SMILES string of the molecule is CCOc1ccccc1CN(C)C(=O)c1ccc(CSc2nc(C)cs2)cc1. The Kier molecular flexibility index (Phi) is 7.12. The first-order chi connectivity index (χ1) is 13.6. The Hall–Kier alpha value is -2.31.